The Hall–Kier alpha value is -4.49. The zero-order valence-corrected chi connectivity index (χ0v) is 18.2. The summed E-state index contributed by atoms with van der Waals surface area (Å²) in [5, 5.41) is 23.9. The average molecular weight is 477 g/mol. The highest BCUT2D eigenvalue weighted by Crippen LogP contribution is 2.14. The van der Waals surface area contributed by atoms with Gasteiger partial charge in [-0.3, -0.25) is 14.4 Å². The molecule has 1 aromatic carbocycles. The first-order chi connectivity index (χ1) is 16.2. The summed E-state index contributed by atoms with van der Waals surface area (Å²) in [6.45, 7) is -0.818. The van der Waals surface area contributed by atoms with Crippen LogP contribution >= 0.6 is 0 Å². The molecule has 34 heavy (non-hydrogen) atoms. The lowest BCUT2D eigenvalue weighted by Crippen LogP contribution is -2.49. The maximum Gasteiger partial charge on any atom is 0.408 e. The summed E-state index contributed by atoms with van der Waals surface area (Å²) in [4.78, 5) is 53.8. The second-order valence-corrected chi connectivity index (χ2v) is 7.13. The van der Waals surface area contributed by atoms with Crippen LogP contribution in [0, 0.1) is 0 Å². The number of amides is 2. The fraction of sp³-hybridized carbons (Fsp3) is 0.350. The summed E-state index contributed by atoms with van der Waals surface area (Å²) < 4.78 is 5.76. The molecule has 0 fully saturated rings. The summed E-state index contributed by atoms with van der Waals surface area (Å²) >= 11 is 0. The van der Waals surface area contributed by atoms with Gasteiger partial charge in [-0.1, -0.05) is 30.3 Å². The largest absolute Gasteiger partial charge is 0.493 e. The van der Waals surface area contributed by atoms with E-state index < -0.39 is 48.7 Å². The van der Waals surface area contributed by atoms with E-state index in [4.69, 9.17) is 16.2 Å². The van der Waals surface area contributed by atoms with Gasteiger partial charge in [0.1, 0.15) is 19.2 Å². The molecule has 1 atom stereocenters. The van der Waals surface area contributed by atoms with Crippen LogP contribution in [0.1, 0.15) is 17.7 Å². The van der Waals surface area contributed by atoms with Crippen molar-refractivity contribution >= 4 is 23.9 Å². The number of imidazole rings is 1. The number of aliphatic imine (C=N–C) groups is 1. The number of benzene rings is 1. The molecule has 2 rings (SSSR count). The topological polar surface area (TPSA) is 227 Å². The lowest BCUT2D eigenvalue weighted by atomic mass is 10.2. The number of carbonyl (C=O) groups excluding carboxylic acids is 2. The van der Waals surface area contributed by atoms with Gasteiger partial charge in [0, 0.05) is 13.1 Å². The summed E-state index contributed by atoms with van der Waals surface area (Å²) in [6.07, 6.45) is -0.289. The van der Waals surface area contributed by atoms with E-state index in [1.165, 1.54) is 0 Å². The SMILES string of the molecule is NC(N)=NCCCc1[nH]c(=O)n(CC(=O)NCC(NC(=O)OCc2ccccc2)C(=O)O)c1O. The van der Waals surface area contributed by atoms with Crippen molar-refractivity contribution in [3.8, 4) is 5.88 Å². The summed E-state index contributed by atoms with van der Waals surface area (Å²) in [6, 6.07) is 7.30. The van der Waals surface area contributed by atoms with Gasteiger partial charge in [0.15, 0.2) is 5.96 Å². The Morgan fingerprint density at radius 2 is 1.91 bits per heavy atom. The number of carboxylic acid groups (broad SMARTS) is 1. The van der Waals surface area contributed by atoms with Crippen LogP contribution in [-0.4, -0.2) is 62.8 Å². The van der Waals surface area contributed by atoms with Crippen LogP contribution in [-0.2, 0) is 33.9 Å². The molecule has 184 valence electrons. The molecule has 0 aliphatic carbocycles. The molecule has 0 saturated heterocycles. The molecule has 14 heteroatoms. The highest BCUT2D eigenvalue weighted by Gasteiger charge is 2.22. The minimum atomic E-state index is -1.48. The second kappa shape index (κ2) is 12.5. The number of nitrogens with one attached hydrogen (secondary N) is 3. The summed E-state index contributed by atoms with van der Waals surface area (Å²) in [7, 11) is 0. The lowest BCUT2D eigenvalue weighted by Gasteiger charge is -2.15. The Kier molecular flexibility index (Phi) is 9.49. The first kappa shape index (κ1) is 25.8. The van der Waals surface area contributed by atoms with E-state index in [9.17, 15) is 29.4 Å². The van der Waals surface area contributed by atoms with Gasteiger partial charge in [-0.15, -0.1) is 0 Å². The molecule has 0 spiro atoms. The first-order valence-corrected chi connectivity index (χ1v) is 10.2. The van der Waals surface area contributed by atoms with Crippen LogP contribution in [0.4, 0.5) is 4.79 Å². The molecule has 2 aromatic rings. The minimum Gasteiger partial charge on any atom is -0.493 e. The molecule has 1 aromatic heterocycles. The molecule has 9 N–H and O–H groups in total. The van der Waals surface area contributed by atoms with Gasteiger partial charge < -0.3 is 42.0 Å². The van der Waals surface area contributed by atoms with E-state index in [1.807, 2.05) is 0 Å². The highest BCUT2D eigenvalue weighted by atomic mass is 16.5. The number of aromatic hydroxyl groups is 1. The van der Waals surface area contributed by atoms with E-state index in [0.29, 0.717) is 12.0 Å². The van der Waals surface area contributed by atoms with Gasteiger partial charge in [0.25, 0.3) is 0 Å². The van der Waals surface area contributed by atoms with Crippen LogP contribution in [0.5, 0.6) is 5.88 Å². The van der Waals surface area contributed by atoms with Gasteiger partial charge in [0.05, 0.1) is 5.69 Å². The third-order valence-corrected chi connectivity index (χ3v) is 4.52. The van der Waals surface area contributed by atoms with Crippen molar-refractivity contribution < 1.29 is 29.3 Å². The van der Waals surface area contributed by atoms with Gasteiger partial charge in [-0.05, 0) is 18.4 Å². The smallest absolute Gasteiger partial charge is 0.408 e. The maximum absolute atomic E-state index is 12.2. The molecule has 1 unspecified atom stereocenters. The van der Waals surface area contributed by atoms with Crippen LogP contribution in [0.2, 0.25) is 0 Å². The fourth-order valence-electron chi connectivity index (χ4n) is 2.82. The van der Waals surface area contributed by atoms with E-state index in [-0.39, 0.29) is 31.2 Å². The fourth-order valence-corrected chi connectivity index (χ4v) is 2.82. The van der Waals surface area contributed by atoms with Crippen LogP contribution < -0.4 is 27.8 Å². The van der Waals surface area contributed by atoms with Crippen molar-refractivity contribution in [2.75, 3.05) is 13.1 Å². The van der Waals surface area contributed by atoms with Gasteiger partial charge in [-0.25, -0.2) is 14.4 Å². The third kappa shape index (κ3) is 8.22. The van der Waals surface area contributed by atoms with E-state index in [0.717, 1.165) is 4.57 Å². The van der Waals surface area contributed by atoms with Crippen LogP contribution in [0.25, 0.3) is 0 Å². The van der Waals surface area contributed by atoms with Crippen molar-refractivity contribution in [2.45, 2.75) is 32.0 Å². The number of hydrogen-bond donors (Lipinski definition) is 7. The zero-order valence-electron chi connectivity index (χ0n) is 18.2. The average Bonchev–Trinajstić information content (AvgIpc) is 3.06. The number of guanidine groups is 1. The van der Waals surface area contributed by atoms with Crippen molar-refractivity contribution in [2.24, 2.45) is 16.5 Å². The first-order valence-electron chi connectivity index (χ1n) is 10.2. The number of carboxylic acids is 1. The number of H-pyrrole nitrogens is 1. The number of hydrogen-bond acceptors (Lipinski definition) is 7. The van der Waals surface area contributed by atoms with E-state index in [2.05, 4.69) is 20.6 Å². The van der Waals surface area contributed by atoms with Crippen molar-refractivity contribution in [1.82, 2.24) is 20.2 Å². The van der Waals surface area contributed by atoms with Gasteiger partial charge >= 0.3 is 17.8 Å². The molecule has 0 aliphatic rings. The molecular formula is C20H27N7O7. The zero-order chi connectivity index (χ0) is 25.1. The molecule has 14 nitrogen and oxygen atoms in total. The standard InChI is InChI=1S/C20H27N7O7/c21-18(22)23-8-4-7-13-16(29)27(19(32)25-13)10-15(28)24-9-14(17(30)31)26-20(33)34-11-12-5-2-1-3-6-12/h1-3,5-6,14,29H,4,7-11H2,(H,24,28)(H,25,32)(H,26,33)(H,30,31)(H4,21,22,23). The van der Waals surface area contributed by atoms with Crippen LogP contribution in [0.15, 0.2) is 40.1 Å². The predicted octanol–water partition coefficient (Wildman–Crippen LogP) is -1.42. The maximum atomic E-state index is 12.2. The predicted molar refractivity (Wildman–Crippen MR) is 120 cm³/mol. The molecular weight excluding hydrogens is 450 g/mol. The summed E-state index contributed by atoms with van der Waals surface area (Å²) in [5.41, 5.74) is 10.6. The molecule has 1 heterocycles. The highest BCUT2D eigenvalue weighted by molar-refractivity contribution is 5.82. The number of nitrogens with zero attached hydrogens (tertiary/aromatic N) is 2. The molecule has 0 radical (unpaired) electrons. The normalized spacial score (nSPS) is 11.3. The summed E-state index contributed by atoms with van der Waals surface area (Å²) in [5.74, 6) is -2.66. The van der Waals surface area contributed by atoms with E-state index >= 15 is 0 Å². The molecule has 0 saturated carbocycles. The Bertz CT molecular complexity index is 1070. The van der Waals surface area contributed by atoms with Crippen molar-refractivity contribution in [1.29, 1.82) is 0 Å². The molecule has 0 bridgehead atoms. The Morgan fingerprint density at radius 3 is 2.56 bits per heavy atom. The number of nitrogens with two attached hydrogens (primary N) is 2. The number of aromatic nitrogens is 2. The number of carbonyl (C=O) groups is 3. The molecule has 0 aliphatic heterocycles. The monoisotopic (exact) mass is 477 g/mol. The third-order valence-electron chi connectivity index (χ3n) is 4.52. The molecule has 2 amide bonds. The van der Waals surface area contributed by atoms with Gasteiger partial charge in [0.2, 0.25) is 11.8 Å². The Morgan fingerprint density at radius 1 is 1.21 bits per heavy atom. The number of aromatic amines is 1. The minimum absolute atomic E-state index is 0.0602. The number of rotatable bonds is 12. The number of aryl methyl sites for hydroxylation is 1. The lowest BCUT2D eigenvalue weighted by molar-refractivity contribution is -0.139. The Balaban J connectivity index is 1.85. The number of ether oxygens (including phenoxy) is 1. The van der Waals surface area contributed by atoms with Crippen molar-refractivity contribution in [3.63, 3.8) is 0 Å². The Labute approximate surface area is 193 Å². The number of alkyl carbamates (subject to hydrolysis) is 1. The van der Waals surface area contributed by atoms with E-state index in [1.54, 1.807) is 30.3 Å². The van der Waals surface area contributed by atoms with Crippen molar-refractivity contribution in [3.05, 3.63) is 52.1 Å². The van der Waals surface area contributed by atoms with Crippen LogP contribution in [0.3, 0.4) is 0 Å². The number of aliphatic carboxylic acids is 1. The quantitative estimate of drug-likeness (QED) is 0.108. The second-order valence-electron chi connectivity index (χ2n) is 7.13. The van der Waals surface area contributed by atoms with Gasteiger partial charge in [-0.2, -0.15) is 0 Å².